The Morgan fingerprint density at radius 1 is 1.18 bits per heavy atom. The van der Waals surface area contributed by atoms with Gasteiger partial charge in [0.05, 0.1) is 18.3 Å². The lowest BCUT2D eigenvalue weighted by molar-refractivity contribution is -0.146. The number of ether oxygens (including phenoxy) is 1. The second-order valence-corrected chi connectivity index (χ2v) is 7.91. The maximum Gasteiger partial charge on any atom is 0.256 e. The van der Waals surface area contributed by atoms with Crippen LogP contribution in [0, 0.1) is 0 Å². The zero-order valence-corrected chi connectivity index (χ0v) is 16.1. The molecule has 0 radical (unpaired) electrons. The molecule has 1 amide bonds. The first-order valence-corrected chi connectivity index (χ1v) is 10.4. The van der Waals surface area contributed by atoms with Crippen LogP contribution < -0.4 is 5.32 Å². The monoisotopic (exact) mass is 378 g/mol. The number of benzene rings is 1. The van der Waals surface area contributed by atoms with Crippen LogP contribution >= 0.6 is 0 Å². The van der Waals surface area contributed by atoms with Crippen molar-refractivity contribution in [2.45, 2.75) is 50.8 Å². The number of carbonyl (C=O) groups is 1. The van der Waals surface area contributed by atoms with E-state index in [1.807, 2.05) is 29.3 Å². The summed E-state index contributed by atoms with van der Waals surface area (Å²) >= 11 is 0. The SMILES string of the molecule is O=C(C1OCCc2ccccc21)N1CCc2nc(C3CCCCN3)ncc2C1. The van der Waals surface area contributed by atoms with Crippen LogP contribution in [0.15, 0.2) is 30.5 Å². The van der Waals surface area contributed by atoms with Gasteiger partial charge in [-0.2, -0.15) is 0 Å². The van der Waals surface area contributed by atoms with Gasteiger partial charge >= 0.3 is 0 Å². The molecular formula is C22H26N4O2. The number of piperidine rings is 1. The number of aromatic nitrogens is 2. The van der Waals surface area contributed by atoms with E-state index in [2.05, 4.69) is 16.4 Å². The highest BCUT2D eigenvalue weighted by atomic mass is 16.5. The van der Waals surface area contributed by atoms with Crippen LogP contribution in [-0.4, -0.2) is 40.5 Å². The molecule has 28 heavy (non-hydrogen) atoms. The average molecular weight is 378 g/mol. The van der Waals surface area contributed by atoms with E-state index >= 15 is 0 Å². The maximum absolute atomic E-state index is 13.2. The number of nitrogens with zero attached hydrogens (tertiary/aromatic N) is 3. The standard InChI is InChI=1S/C22H26N4O2/c27-22(20-17-6-2-1-5-15(17)9-12-28-20)26-11-8-18-16(14-26)13-24-21(25-18)19-7-3-4-10-23-19/h1-2,5-6,13,19-20,23H,3-4,7-12,14H2. The third kappa shape index (κ3) is 3.31. The topological polar surface area (TPSA) is 67.3 Å². The molecule has 3 aliphatic rings. The molecule has 3 aliphatic heterocycles. The maximum atomic E-state index is 13.2. The molecule has 5 rings (SSSR count). The molecule has 1 fully saturated rings. The summed E-state index contributed by atoms with van der Waals surface area (Å²) in [7, 11) is 0. The Hall–Kier alpha value is -2.31. The van der Waals surface area contributed by atoms with E-state index in [0.29, 0.717) is 19.7 Å². The second-order valence-electron chi connectivity index (χ2n) is 7.91. The number of fused-ring (bicyclic) bond motifs is 2. The summed E-state index contributed by atoms with van der Waals surface area (Å²) in [5.41, 5.74) is 4.38. The third-order valence-corrected chi connectivity index (χ3v) is 6.10. The minimum atomic E-state index is -0.488. The molecule has 0 bridgehead atoms. The van der Waals surface area contributed by atoms with Crippen molar-refractivity contribution in [3.63, 3.8) is 0 Å². The molecule has 0 aliphatic carbocycles. The first kappa shape index (κ1) is 17.8. The zero-order chi connectivity index (χ0) is 18.9. The van der Waals surface area contributed by atoms with Gasteiger partial charge < -0.3 is 15.0 Å². The Bertz CT molecular complexity index is 879. The van der Waals surface area contributed by atoms with E-state index in [0.717, 1.165) is 48.5 Å². The molecule has 4 heterocycles. The highest BCUT2D eigenvalue weighted by Gasteiger charge is 2.33. The molecule has 0 spiro atoms. The van der Waals surface area contributed by atoms with Crippen molar-refractivity contribution in [3.8, 4) is 0 Å². The predicted molar refractivity (Wildman–Crippen MR) is 105 cm³/mol. The van der Waals surface area contributed by atoms with Crippen molar-refractivity contribution >= 4 is 5.91 Å². The molecule has 6 heteroatoms. The van der Waals surface area contributed by atoms with Gasteiger partial charge in [-0.15, -0.1) is 0 Å². The van der Waals surface area contributed by atoms with Crippen LogP contribution in [0.4, 0.5) is 0 Å². The van der Waals surface area contributed by atoms with Crippen LogP contribution in [0.25, 0.3) is 0 Å². The van der Waals surface area contributed by atoms with Crippen molar-refractivity contribution in [2.75, 3.05) is 19.7 Å². The number of nitrogens with one attached hydrogen (secondary N) is 1. The Morgan fingerprint density at radius 2 is 2.11 bits per heavy atom. The molecule has 0 saturated carbocycles. The molecule has 2 unspecified atom stereocenters. The lowest BCUT2D eigenvalue weighted by atomic mass is 9.96. The zero-order valence-electron chi connectivity index (χ0n) is 16.1. The molecular weight excluding hydrogens is 352 g/mol. The van der Waals surface area contributed by atoms with Gasteiger partial charge in [-0.1, -0.05) is 30.7 Å². The fourth-order valence-electron chi connectivity index (χ4n) is 4.52. The number of hydrogen-bond donors (Lipinski definition) is 1. The molecule has 1 aromatic carbocycles. The lowest BCUT2D eigenvalue weighted by Gasteiger charge is -2.33. The average Bonchev–Trinajstić information content (AvgIpc) is 2.78. The molecule has 1 aromatic heterocycles. The third-order valence-electron chi connectivity index (χ3n) is 6.10. The Morgan fingerprint density at radius 3 is 3.00 bits per heavy atom. The quantitative estimate of drug-likeness (QED) is 0.870. The highest BCUT2D eigenvalue weighted by Crippen LogP contribution is 2.30. The fourth-order valence-corrected chi connectivity index (χ4v) is 4.52. The van der Waals surface area contributed by atoms with Gasteiger partial charge in [0.2, 0.25) is 0 Å². The summed E-state index contributed by atoms with van der Waals surface area (Å²) < 4.78 is 5.88. The van der Waals surface area contributed by atoms with Gasteiger partial charge in [0.25, 0.3) is 5.91 Å². The smallest absolute Gasteiger partial charge is 0.256 e. The van der Waals surface area contributed by atoms with Gasteiger partial charge in [-0.05, 0) is 36.9 Å². The first-order valence-electron chi connectivity index (χ1n) is 10.4. The van der Waals surface area contributed by atoms with Gasteiger partial charge in [0, 0.05) is 31.3 Å². The highest BCUT2D eigenvalue weighted by molar-refractivity contribution is 5.83. The van der Waals surface area contributed by atoms with Crippen LogP contribution in [0.1, 0.15) is 59.6 Å². The van der Waals surface area contributed by atoms with Crippen molar-refractivity contribution in [3.05, 3.63) is 58.7 Å². The van der Waals surface area contributed by atoms with E-state index < -0.39 is 6.10 Å². The summed E-state index contributed by atoms with van der Waals surface area (Å²) in [5.74, 6) is 0.957. The van der Waals surface area contributed by atoms with Gasteiger partial charge in [0.15, 0.2) is 6.10 Å². The largest absolute Gasteiger partial charge is 0.363 e. The molecule has 6 nitrogen and oxygen atoms in total. The summed E-state index contributed by atoms with van der Waals surface area (Å²) in [6.45, 7) is 2.88. The number of carbonyl (C=O) groups excluding carboxylic acids is 1. The molecule has 1 saturated heterocycles. The normalized spacial score (nSPS) is 24.4. The minimum absolute atomic E-state index is 0.0517. The molecule has 2 aromatic rings. The van der Waals surface area contributed by atoms with Crippen molar-refractivity contribution in [1.29, 1.82) is 0 Å². The summed E-state index contributed by atoms with van der Waals surface area (Å²) in [6, 6.07) is 8.39. The van der Waals surface area contributed by atoms with Crippen molar-refractivity contribution in [2.24, 2.45) is 0 Å². The Kier molecular flexibility index (Phi) is 4.82. The van der Waals surface area contributed by atoms with Gasteiger partial charge in [-0.25, -0.2) is 9.97 Å². The minimum Gasteiger partial charge on any atom is -0.363 e. The second kappa shape index (κ2) is 7.60. The fraction of sp³-hybridized carbons (Fsp3) is 0.500. The summed E-state index contributed by atoms with van der Waals surface area (Å²) in [6.07, 6.45) is 6.63. The number of rotatable bonds is 2. The molecule has 1 N–H and O–H groups in total. The summed E-state index contributed by atoms with van der Waals surface area (Å²) in [5, 5.41) is 3.52. The van der Waals surface area contributed by atoms with Crippen molar-refractivity contribution < 1.29 is 9.53 Å². The number of hydrogen-bond acceptors (Lipinski definition) is 5. The molecule has 2 atom stereocenters. The Labute approximate surface area is 165 Å². The van der Waals surface area contributed by atoms with E-state index in [4.69, 9.17) is 9.72 Å². The van der Waals surface area contributed by atoms with Gasteiger partial charge in [-0.3, -0.25) is 4.79 Å². The van der Waals surface area contributed by atoms with Gasteiger partial charge in [0.1, 0.15) is 5.82 Å². The van der Waals surface area contributed by atoms with E-state index in [1.54, 1.807) is 0 Å². The number of amides is 1. The first-order chi connectivity index (χ1) is 13.8. The van der Waals surface area contributed by atoms with Crippen molar-refractivity contribution in [1.82, 2.24) is 20.2 Å². The summed E-state index contributed by atoms with van der Waals surface area (Å²) in [4.78, 5) is 24.5. The van der Waals surface area contributed by atoms with Crippen LogP contribution in [0.2, 0.25) is 0 Å². The van der Waals surface area contributed by atoms with E-state index in [9.17, 15) is 4.79 Å². The van der Waals surface area contributed by atoms with E-state index in [-0.39, 0.29) is 11.9 Å². The Balaban J connectivity index is 1.33. The molecule has 146 valence electrons. The van der Waals surface area contributed by atoms with E-state index in [1.165, 1.54) is 18.4 Å². The lowest BCUT2D eigenvalue weighted by Crippen LogP contribution is -2.41. The predicted octanol–water partition coefficient (Wildman–Crippen LogP) is 2.49. The van der Waals surface area contributed by atoms with Crippen LogP contribution in [-0.2, 0) is 28.9 Å². The van der Waals surface area contributed by atoms with Crippen LogP contribution in [0.3, 0.4) is 0 Å². The van der Waals surface area contributed by atoms with Crippen LogP contribution in [0.5, 0.6) is 0 Å².